The summed E-state index contributed by atoms with van der Waals surface area (Å²) in [7, 11) is 0. The number of hydrogen-bond donors (Lipinski definition) is 2. The van der Waals surface area contributed by atoms with Crippen LogP contribution < -0.4 is 10.6 Å². The normalized spacial score (nSPS) is 11.8. The fraction of sp³-hybridized carbons (Fsp3) is 0.250. The Morgan fingerprint density at radius 2 is 2.00 bits per heavy atom. The minimum atomic E-state index is -0.964. The molecular weight excluding hydrogens is 306 g/mol. The van der Waals surface area contributed by atoms with Crippen molar-refractivity contribution in [3.8, 4) is 0 Å². The number of carbonyl (C=O) groups is 2. The summed E-state index contributed by atoms with van der Waals surface area (Å²) in [6, 6.07) is 6.09. The Bertz CT molecular complexity index is 687. The van der Waals surface area contributed by atoms with Gasteiger partial charge in [-0.25, -0.2) is 8.78 Å². The van der Waals surface area contributed by atoms with E-state index in [4.69, 9.17) is 4.42 Å². The second kappa shape index (κ2) is 7.53. The first-order valence-corrected chi connectivity index (χ1v) is 7.03. The smallest absolute Gasteiger partial charge is 0.286 e. The predicted octanol–water partition coefficient (Wildman–Crippen LogP) is 2.56. The summed E-state index contributed by atoms with van der Waals surface area (Å²) in [5.74, 6) is -2.46. The molecular formula is C16H16F2N2O3. The SMILES string of the molecule is C[C@@H](NC(=O)CCNC(=O)c1ccco1)c1ccc(F)c(F)c1. The van der Waals surface area contributed by atoms with Gasteiger partial charge < -0.3 is 15.1 Å². The number of hydrogen-bond acceptors (Lipinski definition) is 3. The summed E-state index contributed by atoms with van der Waals surface area (Å²) in [6.45, 7) is 1.79. The molecule has 0 aliphatic heterocycles. The molecule has 0 fully saturated rings. The highest BCUT2D eigenvalue weighted by Crippen LogP contribution is 2.15. The van der Waals surface area contributed by atoms with E-state index in [9.17, 15) is 18.4 Å². The number of furan rings is 1. The average molecular weight is 322 g/mol. The van der Waals surface area contributed by atoms with E-state index >= 15 is 0 Å². The van der Waals surface area contributed by atoms with E-state index < -0.39 is 23.6 Å². The lowest BCUT2D eigenvalue weighted by molar-refractivity contribution is -0.121. The van der Waals surface area contributed by atoms with Crippen LogP contribution >= 0.6 is 0 Å². The van der Waals surface area contributed by atoms with Gasteiger partial charge in [0.05, 0.1) is 12.3 Å². The van der Waals surface area contributed by atoms with Gasteiger partial charge in [0, 0.05) is 13.0 Å². The van der Waals surface area contributed by atoms with Crippen molar-refractivity contribution in [2.75, 3.05) is 6.54 Å². The topological polar surface area (TPSA) is 71.3 Å². The molecule has 5 nitrogen and oxygen atoms in total. The van der Waals surface area contributed by atoms with E-state index in [0.29, 0.717) is 5.56 Å². The Morgan fingerprint density at radius 1 is 1.22 bits per heavy atom. The summed E-state index contributed by atoms with van der Waals surface area (Å²) < 4.78 is 30.9. The van der Waals surface area contributed by atoms with E-state index in [0.717, 1.165) is 12.1 Å². The van der Waals surface area contributed by atoms with Crippen LogP contribution in [-0.2, 0) is 4.79 Å². The van der Waals surface area contributed by atoms with Crippen molar-refractivity contribution in [1.82, 2.24) is 10.6 Å². The van der Waals surface area contributed by atoms with Crippen molar-refractivity contribution < 1.29 is 22.8 Å². The Labute approximate surface area is 131 Å². The van der Waals surface area contributed by atoms with Crippen LogP contribution in [0.2, 0.25) is 0 Å². The maximum Gasteiger partial charge on any atom is 0.286 e. The summed E-state index contributed by atoms with van der Waals surface area (Å²) in [6.07, 6.45) is 1.44. The third kappa shape index (κ3) is 4.64. The molecule has 2 aromatic rings. The second-order valence-corrected chi connectivity index (χ2v) is 4.95. The van der Waals surface area contributed by atoms with Crippen molar-refractivity contribution >= 4 is 11.8 Å². The van der Waals surface area contributed by atoms with Gasteiger partial charge in [0.25, 0.3) is 5.91 Å². The van der Waals surface area contributed by atoms with Crippen LogP contribution in [0.25, 0.3) is 0 Å². The molecule has 23 heavy (non-hydrogen) atoms. The van der Waals surface area contributed by atoms with E-state index in [1.54, 1.807) is 13.0 Å². The van der Waals surface area contributed by atoms with Gasteiger partial charge >= 0.3 is 0 Å². The van der Waals surface area contributed by atoms with Gasteiger partial charge in [-0.2, -0.15) is 0 Å². The quantitative estimate of drug-likeness (QED) is 0.858. The van der Waals surface area contributed by atoms with Gasteiger partial charge in [-0.3, -0.25) is 9.59 Å². The Balaban J connectivity index is 1.77. The van der Waals surface area contributed by atoms with Gasteiger partial charge in [0.15, 0.2) is 17.4 Å². The largest absolute Gasteiger partial charge is 0.459 e. The first kappa shape index (κ1) is 16.7. The highest BCUT2D eigenvalue weighted by atomic mass is 19.2. The van der Waals surface area contributed by atoms with Crippen LogP contribution in [0.1, 0.15) is 35.5 Å². The lowest BCUT2D eigenvalue weighted by Gasteiger charge is -2.14. The summed E-state index contributed by atoms with van der Waals surface area (Å²) in [4.78, 5) is 23.4. The second-order valence-electron chi connectivity index (χ2n) is 4.95. The van der Waals surface area contributed by atoms with Crippen molar-refractivity contribution in [3.63, 3.8) is 0 Å². The first-order valence-electron chi connectivity index (χ1n) is 7.03. The molecule has 0 unspecified atom stereocenters. The van der Waals surface area contributed by atoms with Gasteiger partial charge in [-0.05, 0) is 36.8 Å². The van der Waals surface area contributed by atoms with Gasteiger partial charge in [-0.15, -0.1) is 0 Å². The van der Waals surface area contributed by atoms with Gasteiger partial charge in [0.1, 0.15) is 0 Å². The molecule has 2 rings (SSSR count). The van der Waals surface area contributed by atoms with Crippen molar-refractivity contribution in [3.05, 3.63) is 59.6 Å². The molecule has 0 saturated carbocycles. The molecule has 0 radical (unpaired) electrons. The molecule has 1 atom stereocenters. The lowest BCUT2D eigenvalue weighted by Crippen LogP contribution is -2.32. The zero-order valence-corrected chi connectivity index (χ0v) is 12.4. The van der Waals surface area contributed by atoms with Crippen molar-refractivity contribution in [2.24, 2.45) is 0 Å². The molecule has 7 heteroatoms. The monoisotopic (exact) mass is 322 g/mol. The number of amides is 2. The van der Waals surface area contributed by atoms with E-state index in [1.807, 2.05) is 0 Å². The average Bonchev–Trinajstić information content (AvgIpc) is 3.04. The number of halogens is 2. The van der Waals surface area contributed by atoms with E-state index in [2.05, 4.69) is 10.6 Å². The number of carbonyl (C=O) groups excluding carboxylic acids is 2. The highest BCUT2D eigenvalue weighted by molar-refractivity contribution is 5.91. The Kier molecular flexibility index (Phi) is 5.46. The predicted molar refractivity (Wildman–Crippen MR) is 78.6 cm³/mol. The molecule has 0 aliphatic rings. The maximum atomic E-state index is 13.2. The third-order valence-electron chi connectivity index (χ3n) is 3.20. The molecule has 0 aliphatic carbocycles. The van der Waals surface area contributed by atoms with Crippen LogP contribution in [0, 0.1) is 11.6 Å². The summed E-state index contributed by atoms with van der Waals surface area (Å²) >= 11 is 0. The lowest BCUT2D eigenvalue weighted by atomic mass is 10.1. The molecule has 0 spiro atoms. The minimum Gasteiger partial charge on any atom is -0.459 e. The van der Waals surface area contributed by atoms with Crippen LogP contribution in [0.4, 0.5) is 8.78 Å². The first-order chi connectivity index (χ1) is 11.0. The molecule has 0 saturated heterocycles. The molecule has 1 aromatic carbocycles. The minimum absolute atomic E-state index is 0.0560. The molecule has 122 valence electrons. The summed E-state index contributed by atoms with van der Waals surface area (Å²) in [5, 5.41) is 5.19. The van der Waals surface area contributed by atoms with Crippen LogP contribution in [-0.4, -0.2) is 18.4 Å². The van der Waals surface area contributed by atoms with E-state index in [-0.39, 0.29) is 24.6 Å². The standard InChI is InChI=1S/C16H16F2N2O3/c1-10(11-4-5-12(17)13(18)9-11)20-15(21)6-7-19-16(22)14-3-2-8-23-14/h2-5,8-10H,6-7H2,1H3,(H,19,22)(H,20,21)/t10-/m1/s1. The van der Waals surface area contributed by atoms with Crippen LogP contribution in [0.3, 0.4) is 0 Å². The van der Waals surface area contributed by atoms with Gasteiger partial charge in [-0.1, -0.05) is 6.07 Å². The number of nitrogens with one attached hydrogen (secondary N) is 2. The zero-order valence-electron chi connectivity index (χ0n) is 12.4. The maximum absolute atomic E-state index is 13.2. The fourth-order valence-electron chi connectivity index (χ4n) is 1.96. The van der Waals surface area contributed by atoms with Crippen LogP contribution in [0.5, 0.6) is 0 Å². The highest BCUT2D eigenvalue weighted by Gasteiger charge is 2.13. The molecule has 2 amide bonds. The summed E-state index contributed by atoms with van der Waals surface area (Å²) in [5.41, 5.74) is 0.455. The Hall–Kier alpha value is -2.70. The molecule has 1 aromatic heterocycles. The molecule has 1 heterocycles. The molecule has 0 bridgehead atoms. The molecule has 2 N–H and O–H groups in total. The number of benzene rings is 1. The van der Waals surface area contributed by atoms with E-state index in [1.165, 1.54) is 18.4 Å². The van der Waals surface area contributed by atoms with Gasteiger partial charge in [0.2, 0.25) is 5.91 Å². The third-order valence-corrected chi connectivity index (χ3v) is 3.20. The van der Waals surface area contributed by atoms with Crippen LogP contribution in [0.15, 0.2) is 41.0 Å². The van der Waals surface area contributed by atoms with Crippen molar-refractivity contribution in [1.29, 1.82) is 0 Å². The Morgan fingerprint density at radius 3 is 2.65 bits per heavy atom. The van der Waals surface area contributed by atoms with Crippen molar-refractivity contribution in [2.45, 2.75) is 19.4 Å². The zero-order chi connectivity index (χ0) is 16.8. The fourth-order valence-corrected chi connectivity index (χ4v) is 1.96. The number of rotatable bonds is 6.